The van der Waals surface area contributed by atoms with Crippen LogP contribution in [0.1, 0.15) is 162 Å². The van der Waals surface area contributed by atoms with Crippen molar-refractivity contribution in [1.82, 2.24) is 0 Å². The number of carbonyl (C=O) groups is 1. The molecular formula is C46H84O14. The molecule has 0 aromatic heterocycles. The van der Waals surface area contributed by atoms with Gasteiger partial charge in [0.15, 0.2) is 12.6 Å². The predicted molar refractivity (Wildman–Crippen MR) is 229 cm³/mol. The highest BCUT2D eigenvalue weighted by Crippen LogP contribution is 2.26. The molecule has 2 saturated heterocycles. The van der Waals surface area contributed by atoms with Crippen LogP contribution in [0.2, 0.25) is 0 Å². The SMILES string of the molecule is CCC/C=C\CCCCCCCCOCC(COC1OC(COC2OC(CO)C(O)C(O)C2O)C(O)C(O)C1O)OC(=O)CCCCCCC/C=C\CCCCCCCC. The van der Waals surface area contributed by atoms with Crippen LogP contribution in [-0.2, 0) is 33.2 Å². The monoisotopic (exact) mass is 861 g/mol. The fraction of sp³-hybridized carbons (Fsp3) is 0.891. The van der Waals surface area contributed by atoms with Gasteiger partial charge >= 0.3 is 5.97 Å². The number of aliphatic hydroxyl groups excluding tert-OH is 7. The second kappa shape index (κ2) is 34.9. The van der Waals surface area contributed by atoms with Crippen molar-refractivity contribution in [1.29, 1.82) is 0 Å². The fourth-order valence-electron chi connectivity index (χ4n) is 7.28. The Labute approximate surface area is 360 Å². The van der Waals surface area contributed by atoms with Crippen LogP contribution in [0.5, 0.6) is 0 Å². The number of carbonyl (C=O) groups excluding carboxylic acids is 1. The Hall–Kier alpha value is -1.53. The zero-order valence-corrected chi connectivity index (χ0v) is 36.9. The quantitative estimate of drug-likeness (QED) is 0.0230. The van der Waals surface area contributed by atoms with Crippen molar-refractivity contribution < 1.29 is 69.0 Å². The second-order valence-electron chi connectivity index (χ2n) is 16.6. The summed E-state index contributed by atoms with van der Waals surface area (Å²) in [5.74, 6) is -0.388. The molecule has 7 N–H and O–H groups in total. The summed E-state index contributed by atoms with van der Waals surface area (Å²) < 4.78 is 34.1. The van der Waals surface area contributed by atoms with E-state index >= 15 is 0 Å². The van der Waals surface area contributed by atoms with Crippen LogP contribution in [0.4, 0.5) is 0 Å². The van der Waals surface area contributed by atoms with Crippen LogP contribution < -0.4 is 0 Å². The van der Waals surface area contributed by atoms with E-state index in [0.717, 1.165) is 70.6 Å². The van der Waals surface area contributed by atoms with Gasteiger partial charge in [-0.15, -0.1) is 0 Å². The summed E-state index contributed by atoms with van der Waals surface area (Å²) >= 11 is 0. The molecule has 2 fully saturated rings. The molecule has 11 atom stereocenters. The second-order valence-corrected chi connectivity index (χ2v) is 16.6. The third kappa shape index (κ3) is 23.2. The topological polar surface area (TPSA) is 214 Å². The first-order chi connectivity index (χ1) is 29.1. The summed E-state index contributed by atoms with van der Waals surface area (Å²) in [6.45, 7) is 3.59. The molecule has 0 aromatic rings. The van der Waals surface area contributed by atoms with Crippen molar-refractivity contribution in [3.63, 3.8) is 0 Å². The Balaban J connectivity index is 1.81. The average molecular weight is 861 g/mol. The maximum absolute atomic E-state index is 12.9. The molecule has 0 bridgehead atoms. The summed E-state index contributed by atoms with van der Waals surface area (Å²) in [4.78, 5) is 12.9. The largest absolute Gasteiger partial charge is 0.457 e. The van der Waals surface area contributed by atoms with Crippen molar-refractivity contribution in [2.45, 2.75) is 229 Å². The maximum Gasteiger partial charge on any atom is 0.306 e. The highest BCUT2D eigenvalue weighted by molar-refractivity contribution is 5.69. The number of allylic oxidation sites excluding steroid dienone is 4. The maximum atomic E-state index is 12.9. The predicted octanol–water partition coefficient (Wildman–Crippen LogP) is 5.68. The van der Waals surface area contributed by atoms with Gasteiger partial charge in [-0.05, 0) is 57.8 Å². The van der Waals surface area contributed by atoms with Crippen LogP contribution in [0.15, 0.2) is 24.3 Å². The van der Waals surface area contributed by atoms with Gasteiger partial charge in [-0.1, -0.05) is 122 Å². The number of aliphatic hydroxyl groups is 7. The molecule has 0 saturated carbocycles. The molecule has 2 aliphatic heterocycles. The molecule has 2 heterocycles. The number of rotatable bonds is 36. The number of hydrogen-bond donors (Lipinski definition) is 7. The Morgan fingerprint density at radius 3 is 1.58 bits per heavy atom. The van der Waals surface area contributed by atoms with E-state index in [9.17, 15) is 40.5 Å². The number of unbranched alkanes of at least 4 members (excludes halogenated alkanes) is 18. The molecule has 2 rings (SSSR count). The van der Waals surface area contributed by atoms with Gasteiger partial charge in [0.2, 0.25) is 0 Å². The lowest BCUT2D eigenvalue weighted by molar-refractivity contribution is -0.332. The van der Waals surface area contributed by atoms with Gasteiger partial charge in [0.05, 0.1) is 26.4 Å². The molecule has 2 aliphatic rings. The molecule has 352 valence electrons. The Bertz CT molecular complexity index is 1090. The first-order valence-electron chi connectivity index (χ1n) is 23.4. The van der Waals surface area contributed by atoms with Crippen LogP contribution >= 0.6 is 0 Å². The van der Waals surface area contributed by atoms with E-state index in [-0.39, 0.29) is 25.6 Å². The highest BCUT2D eigenvalue weighted by Gasteiger charge is 2.47. The standard InChI is InChI=1S/C46H84O14/c1-3-5-7-9-11-13-15-16-17-18-19-21-23-25-27-29-38(48)58-35(32-55-30-28-26-24-22-20-14-12-10-8-6-4-2)33-56-45-44(54)42(52)40(50)37(60-45)34-57-46-43(53)41(51)39(49)36(31-47)59-46/h8,10,16-17,35-37,39-47,49-54H,3-7,9,11-15,18-34H2,1-2H3/b10-8-,17-16-. The van der Waals surface area contributed by atoms with Crippen LogP contribution in [0.25, 0.3) is 0 Å². The molecule has 0 radical (unpaired) electrons. The summed E-state index contributed by atoms with van der Waals surface area (Å²) in [7, 11) is 0. The summed E-state index contributed by atoms with van der Waals surface area (Å²) in [6.07, 6.45) is 18.2. The molecule has 14 nitrogen and oxygen atoms in total. The highest BCUT2D eigenvalue weighted by atomic mass is 16.7. The van der Waals surface area contributed by atoms with Crippen molar-refractivity contribution in [2.24, 2.45) is 0 Å². The lowest BCUT2D eigenvalue weighted by Gasteiger charge is -2.42. The van der Waals surface area contributed by atoms with Crippen molar-refractivity contribution in [2.75, 3.05) is 33.0 Å². The summed E-state index contributed by atoms with van der Waals surface area (Å²) in [5, 5.41) is 71.9. The minimum atomic E-state index is -1.71. The van der Waals surface area contributed by atoms with E-state index in [4.69, 9.17) is 28.4 Å². The average Bonchev–Trinajstić information content (AvgIpc) is 3.24. The smallest absolute Gasteiger partial charge is 0.306 e. The minimum Gasteiger partial charge on any atom is -0.457 e. The molecule has 60 heavy (non-hydrogen) atoms. The normalized spacial score (nSPS) is 27.9. The third-order valence-corrected chi connectivity index (χ3v) is 11.2. The fourth-order valence-corrected chi connectivity index (χ4v) is 7.28. The number of hydrogen-bond acceptors (Lipinski definition) is 14. The van der Waals surface area contributed by atoms with Crippen molar-refractivity contribution in [3.05, 3.63) is 24.3 Å². The van der Waals surface area contributed by atoms with Crippen LogP contribution in [0, 0.1) is 0 Å². The number of ether oxygens (including phenoxy) is 6. The number of esters is 1. The van der Waals surface area contributed by atoms with Crippen molar-refractivity contribution >= 4 is 5.97 Å². The third-order valence-electron chi connectivity index (χ3n) is 11.2. The van der Waals surface area contributed by atoms with E-state index in [1.54, 1.807) is 0 Å². The van der Waals surface area contributed by atoms with E-state index in [1.165, 1.54) is 64.2 Å². The zero-order chi connectivity index (χ0) is 43.8. The van der Waals surface area contributed by atoms with E-state index in [1.807, 2.05) is 0 Å². The van der Waals surface area contributed by atoms with Gasteiger partial charge in [0, 0.05) is 13.0 Å². The van der Waals surface area contributed by atoms with Gasteiger partial charge in [-0.25, -0.2) is 0 Å². The summed E-state index contributed by atoms with van der Waals surface area (Å²) in [6, 6.07) is 0. The van der Waals surface area contributed by atoms with E-state index in [2.05, 4.69) is 38.2 Å². The lowest BCUT2D eigenvalue weighted by Crippen LogP contribution is -2.61. The zero-order valence-electron chi connectivity index (χ0n) is 36.9. The minimum absolute atomic E-state index is 0.0554. The molecule has 0 aliphatic carbocycles. The molecule has 0 aromatic carbocycles. The molecule has 0 spiro atoms. The molecule has 11 unspecified atom stereocenters. The van der Waals surface area contributed by atoms with Gasteiger partial charge in [0.25, 0.3) is 0 Å². The first kappa shape index (κ1) is 54.6. The first-order valence-corrected chi connectivity index (χ1v) is 23.4. The lowest BCUT2D eigenvalue weighted by atomic mass is 9.98. The molecule has 14 heteroatoms. The Kier molecular flexibility index (Phi) is 31.8. The van der Waals surface area contributed by atoms with Crippen LogP contribution in [-0.4, -0.2) is 142 Å². The van der Waals surface area contributed by atoms with Gasteiger partial charge in [0.1, 0.15) is 54.9 Å². The van der Waals surface area contributed by atoms with Crippen LogP contribution in [0.3, 0.4) is 0 Å². The molecular weight excluding hydrogens is 776 g/mol. The van der Waals surface area contributed by atoms with Gasteiger partial charge in [-0.2, -0.15) is 0 Å². The van der Waals surface area contributed by atoms with Crippen molar-refractivity contribution in [3.8, 4) is 0 Å². The Morgan fingerprint density at radius 2 is 1.02 bits per heavy atom. The van der Waals surface area contributed by atoms with Gasteiger partial charge < -0.3 is 64.2 Å². The molecule has 0 amide bonds. The van der Waals surface area contributed by atoms with Gasteiger partial charge in [-0.3, -0.25) is 4.79 Å². The van der Waals surface area contributed by atoms with E-state index in [0.29, 0.717) is 13.0 Å². The summed E-state index contributed by atoms with van der Waals surface area (Å²) in [5.41, 5.74) is 0. The Morgan fingerprint density at radius 1 is 0.533 bits per heavy atom. The van der Waals surface area contributed by atoms with E-state index < -0.39 is 80.7 Å².